The van der Waals surface area contributed by atoms with Crippen molar-refractivity contribution in [1.82, 2.24) is 4.57 Å². The van der Waals surface area contributed by atoms with Crippen LogP contribution in [0.3, 0.4) is 0 Å². The number of carbonyl (C=O) groups excluding carboxylic acids is 1. The van der Waals surface area contributed by atoms with Crippen LogP contribution in [0.4, 0.5) is 0 Å². The highest BCUT2D eigenvalue weighted by Crippen LogP contribution is 2.32. The van der Waals surface area contributed by atoms with Gasteiger partial charge in [-0.1, -0.05) is 18.6 Å². The van der Waals surface area contributed by atoms with Crippen molar-refractivity contribution in [2.75, 3.05) is 0 Å². The first-order valence-corrected chi connectivity index (χ1v) is 9.15. The van der Waals surface area contributed by atoms with Gasteiger partial charge in [0.15, 0.2) is 5.76 Å². The van der Waals surface area contributed by atoms with E-state index in [4.69, 9.17) is 4.42 Å². The van der Waals surface area contributed by atoms with E-state index in [-0.39, 0.29) is 28.5 Å². The summed E-state index contributed by atoms with van der Waals surface area (Å²) in [6.45, 7) is 8.83. The van der Waals surface area contributed by atoms with Crippen LogP contribution in [0, 0.1) is 32.1 Å². The number of nitrogens with zero attached hydrogens (tertiary/aromatic N) is 2. The van der Waals surface area contributed by atoms with Gasteiger partial charge in [-0.25, -0.2) is 0 Å². The molecular weight excluding hydrogens is 356 g/mol. The fraction of sp³-hybridized carbons (Fsp3) is 0.318. The van der Waals surface area contributed by atoms with Gasteiger partial charge < -0.3 is 9.52 Å². The molecule has 28 heavy (non-hydrogen) atoms. The van der Waals surface area contributed by atoms with Gasteiger partial charge in [-0.15, -0.1) is 0 Å². The molecule has 1 N–H and O–H groups in total. The smallest absolute Gasteiger partial charge is 0.271 e. The second-order valence-corrected chi connectivity index (χ2v) is 7.13. The molecule has 0 saturated carbocycles. The molecule has 6 heteroatoms. The Balaban J connectivity index is 2.32. The maximum absolute atomic E-state index is 13.3. The zero-order valence-corrected chi connectivity index (χ0v) is 16.6. The van der Waals surface area contributed by atoms with Crippen molar-refractivity contribution in [2.45, 2.75) is 47.1 Å². The third-order valence-corrected chi connectivity index (χ3v) is 5.30. The van der Waals surface area contributed by atoms with Gasteiger partial charge >= 0.3 is 0 Å². The minimum Gasteiger partial charge on any atom is -0.494 e. The van der Waals surface area contributed by atoms with Crippen LogP contribution >= 0.6 is 0 Å². The Kier molecular flexibility index (Phi) is 4.86. The van der Waals surface area contributed by atoms with Crippen LogP contribution in [-0.2, 0) is 0 Å². The summed E-state index contributed by atoms with van der Waals surface area (Å²) >= 11 is 0. The van der Waals surface area contributed by atoms with Gasteiger partial charge in [-0.2, -0.15) is 5.26 Å². The highest BCUT2D eigenvalue weighted by molar-refractivity contribution is 6.12. The number of rotatable bonds is 4. The minimum atomic E-state index is -0.597. The van der Waals surface area contributed by atoms with Crippen LogP contribution in [0.25, 0.3) is 11.0 Å². The fourth-order valence-corrected chi connectivity index (χ4v) is 3.45. The van der Waals surface area contributed by atoms with Crippen molar-refractivity contribution in [1.29, 1.82) is 5.26 Å². The number of ketones is 1. The highest BCUT2D eigenvalue weighted by Gasteiger charge is 2.29. The Morgan fingerprint density at radius 1 is 1.29 bits per heavy atom. The molecule has 0 aliphatic rings. The predicted molar refractivity (Wildman–Crippen MR) is 106 cm³/mol. The van der Waals surface area contributed by atoms with E-state index in [2.05, 4.69) is 0 Å². The number of nitriles is 1. The van der Waals surface area contributed by atoms with Crippen LogP contribution in [0.15, 0.2) is 27.4 Å². The van der Waals surface area contributed by atoms with Crippen LogP contribution in [0.1, 0.15) is 64.7 Å². The van der Waals surface area contributed by atoms with Gasteiger partial charge in [-0.3, -0.25) is 14.2 Å². The van der Waals surface area contributed by atoms with Crippen LogP contribution in [0.2, 0.25) is 0 Å². The number of furan rings is 1. The van der Waals surface area contributed by atoms with Gasteiger partial charge in [0, 0.05) is 17.0 Å². The number of aromatic nitrogens is 1. The van der Waals surface area contributed by atoms with Gasteiger partial charge in [0.25, 0.3) is 5.56 Å². The molecule has 3 aromatic rings. The Morgan fingerprint density at radius 2 is 1.96 bits per heavy atom. The zero-order valence-electron chi connectivity index (χ0n) is 16.6. The van der Waals surface area contributed by atoms with Crippen molar-refractivity contribution in [3.8, 4) is 11.9 Å². The number of aryl methyl sites for hydroxylation is 2. The summed E-state index contributed by atoms with van der Waals surface area (Å²) < 4.78 is 6.89. The third-order valence-electron chi connectivity index (χ3n) is 5.30. The Morgan fingerprint density at radius 3 is 2.57 bits per heavy atom. The average Bonchev–Trinajstić information content (AvgIpc) is 2.98. The first-order valence-electron chi connectivity index (χ1n) is 9.15. The summed E-state index contributed by atoms with van der Waals surface area (Å²) in [6, 6.07) is 7.12. The van der Waals surface area contributed by atoms with Gasteiger partial charge in [0.1, 0.15) is 17.2 Å². The van der Waals surface area contributed by atoms with Gasteiger partial charge in [0.05, 0.1) is 5.56 Å². The number of aromatic hydroxyl groups is 1. The van der Waals surface area contributed by atoms with Gasteiger partial charge in [0.2, 0.25) is 11.7 Å². The monoisotopic (exact) mass is 378 g/mol. The zero-order chi connectivity index (χ0) is 20.7. The van der Waals surface area contributed by atoms with Crippen LogP contribution in [0.5, 0.6) is 5.88 Å². The van der Waals surface area contributed by atoms with E-state index in [1.807, 2.05) is 32.0 Å². The standard InChI is InChI=1S/C22H22N2O4/c1-6-12(3)24-21(26)16(10-23)13(4)18(22(24)27)19(25)20-14(5)15-9-11(2)7-8-17(15)28-20/h7-9,12,27H,6H2,1-5H3. The maximum atomic E-state index is 13.3. The number of carbonyl (C=O) groups is 1. The highest BCUT2D eigenvalue weighted by atomic mass is 16.3. The molecule has 0 radical (unpaired) electrons. The van der Waals surface area contributed by atoms with E-state index >= 15 is 0 Å². The summed E-state index contributed by atoms with van der Waals surface area (Å²) in [4.78, 5) is 26.0. The van der Waals surface area contributed by atoms with Gasteiger partial charge in [-0.05, 0) is 51.8 Å². The van der Waals surface area contributed by atoms with Crippen LogP contribution in [-0.4, -0.2) is 15.5 Å². The van der Waals surface area contributed by atoms with Crippen molar-refractivity contribution in [3.63, 3.8) is 0 Å². The summed E-state index contributed by atoms with van der Waals surface area (Å²) in [6.07, 6.45) is 0.554. The molecule has 1 unspecified atom stereocenters. The maximum Gasteiger partial charge on any atom is 0.271 e. The van der Waals surface area contributed by atoms with Crippen molar-refractivity contribution < 1.29 is 14.3 Å². The molecule has 0 saturated heterocycles. The fourth-order valence-electron chi connectivity index (χ4n) is 3.45. The normalized spacial score (nSPS) is 12.1. The predicted octanol–water partition coefficient (Wildman–Crippen LogP) is 4.30. The Labute approximate surface area is 162 Å². The largest absolute Gasteiger partial charge is 0.494 e. The molecule has 144 valence electrons. The van der Waals surface area contributed by atoms with E-state index in [0.717, 1.165) is 15.5 Å². The number of fused-ring (bicyclic) bond motifs is 1. The molecule has 1 aromatic carbocycles. The lowest BCUT2D eigenvalue weighted by atomic mass is 9.98. The topological polar surface area (TPSA) is 96.2 Å². The molecule has 0 aliphatic heterocycles. The number of hydrogen-bond acceptors (Lipinski definition) is 5. The number of hydrogen-bond donors (Lipinski definition) is 1. The first kappa shape index (κ1) is 19.4. The molecule has 2 aromatic heterocycles. The molecule has 3 rings (SSSR count). The minimum absolute atomic E-state index is 0.0738. The summed E-state index contributed by atoms with van der Waals surface area (Å²) in [5.74, 6) is -0.885. The Bertz CT molecular complexity index is 1210. The lowest BCUT2D eigenvalue weighted by Gasteiger charge is -2.19. The molecule has 0 aliphatic carbocycles. The lowest BCUT2D eigenvalue weighted by Crippen LogP contribution is -2.28. The molecule has 0 amide bonds. The average molecular weight is 378 g/mol. The molecule has 6 nitrogen and oxygen atoms in total. The molecule has 0 bridgehead atoms. The quantitative estimate of drug-likeness (QED) is 0.683. The summed E-state index contributed by atoms with van der Waals surface area (Å²) in [7, 11) is 0. The second kappa shape index (κ2) is 7.01. The van der Waals surface area contributed by atoms with Crippen molar-refractivity contribution >= 4 is 16.8 Å². The van der Waals surface area contributed by atoms with E-state index < -0.39 is 17.2 Å². The van der Waals surface area contributed by atoms with Crippen LogP contribution < -0.4 is 5.56 Å². The molecular formula is C22H22N2O4. The molecule has 2 heterocycles. The third kappa shape index (κ3) is 2.80. The van der Waals surface area contributed by atoms with Crippen molar-refractivity contribution in [3.05, 3.63) is 62.1 Å². The van der Waals surface area contributed by atoms with E-state index in [9.17, 15) is 20.0 Å². The lowest BCUT2D eigenvalue weighted by molar-refractivity contribution is 0.100. The Hall–Kier alpha value is -3.33. The molecule has 0 spiro atoms. The second-order valence-electron chi connectivity index (χ2n) is 7.13. The van der Waals surface area contributed by atoms with E-state index in [1.54, 1.807) is 19.9 Å². The number of benzene rings is 1. The number of pyridine rings is 1. The van der Waals surface area contributed by atoms with Crippen molar-refractivity contribution in [2.24, 2.45) is 0 Å². The molecule has 0 fully saturated rings. The van der Waals surface area contributed by atoms with E-state index in [1.165, 1.54) is 6.92 Å². The van der Waals surface area contributed by atoms with E-state index in [0.29, 0.717) is 17.6 Å². The summed E-state index contributed by atoms with van der Waals surface area (Å²) in [5.41, 5.74) is 1.60. The first-order chi connectivity index (χ1) is 13.2. The molecule has 1 atom stereocenters. The summed E-state index contributed by atoms with van der Waals surface area (Å²) in [5, 5.41) is 21.1. The SMILES string of the molecule is CCC(C)n1c(O)c(C(=O)c2oc3ccc(C)cc3c2C)c(C)c(C#N)c1=O.